The van der Waals surface area contributed by atoms with E-state index in [1.54, 1.807) is 6.92 Å². The highest BCUT2D eigenvalue weighted by Crippen LogP contribution is 2.55. The molecule has 1 aliphatic rings. The fourth-order valence-corrected chi connectivity index (χ4v) is 5.48. The van der Waals surface area contributed by atoms with Crippen LogP contribution in [0.3, 0.4) is 0 Å². The first-order valence-corrected chi connectivity index (χ1v) is 11.7. The average molecular weight is 419 g/mol. The molecular formula is C24H35O4P. The lowest BCUT2D eigenvalue weighted by Gasteiger charge is -2.39. The molecule has 0 amide bonds. The molecule has 1 aromatic carbocycles. The molecule has 0 aromatic heterocycles. The standard InChI is InChI=1S/C24H35O4P/c1-6-7-8-11-14-28-22(26)23(5,29-27)24(12-9-10-13-24)21(25)20-18(3)15-17(2)16-19(20)4/h15-16H,6-14H2,1-5H3. The van der Waals surface area contributed by atoms with Crippen molar-refractivity contribution in [1.82, 2.24) is 0 Å². The summed E-state index contributed by atoms with van der Waals surface area (Å²) in [6.45, 7) is 9.98. The van der Waals surface area contributed by atoms with Crippen LogP contribution in [0.2, 0.25) is 0 Å². The Kier molecular flexibility index (Phi) is 8.17. The molecule has 29 heavy (non-hydrogen) atoms. The fourth-order valence-electron chi connectivity index (χ4n) is 4.85. The summed E-state index contributed by atoms with van der Waals surface area (Å²) in [5.41, 5.74) is 2.62. The monoisotopic (exact) mass is 418 g/mol. The van der Waals surface area contributed by atoms with Crippen LogP contribution in [0.1, 0.15) is 92.3 Å². The first-order valence-electron chi connectivity index (χ1n) is 10.9. The number of esters is 1. The Hall–Kier alpha value is -1.54. The molecule has 2 rings (SSSR count). The van der Waals surface area contributed by atoms with E-state index >= 15 is 0 Å². The van der Waals surface area contributed by atoms with E-state index in [2.05, 4.69) is 6.92 Å². The molecule has 0 heterocycles. The summed E-state index contributed by atoms with van der Waals surface area (Å²) in [6, 6.07) is 4.00. The minimum absolute atomic E-state index is 0.0567. The largest absolute Gasteiger partial charge is 0.465 e. The molecule has 1 fully saturated rings. The molecule has 4 nitrogen and oxygen atoms in total. The summed E-state index contributed by atoms with van der Waals surface area (Å²) in [4.78, 5) is 27.0. The van der Waals surface area contributed by atoms with Gasteiger partial charge in [-0.05, 0) is 58.1 Å². The van der Waals surface area contributed by atoms with Gasteiger partial charge in [-0.1, -0.05) is 56.7 Å². The smallest absolute Gasteiger partial charge is 0.324 e. The Morgan fingerprint density at radius 1 is 1.07 bits per heavy atom. The molecule has 0 aliphatic heterocycles. The first kappa shape index (κ1) is 23.7. The van der Waals surface area contributed by atoms with E-state index in [1.165, 1.54) is 0 Å². The number of aryl methyl sites for hydroxylation is 3. The molecule has 160 valence electrons. The molecule has 1 unspecified atom stereocenters. The highest BCUT2D eigenvalue weighted by Gasteiger charge is 2.61. The average Bonchev–Trinajstić information content (AvgIpc) is 3.17. The highest BCUT2D eigenvalue weighted by molar-refractivity contribution is 7.28. The number of benzene rings is 1. The van der Waals surface area contributed by atoms with Crippen LogP contribution in [-0.4, -0.2) is 23.5 Å². The van der Waals surface area contributed by atoms with Gasteiger partial charge in [-0.15, -0.1) is 0 Å². The van der Waals surface area contributed by atoms with Crippen molar-refractivity contribution in [3.05, 3.63) is 34.4 Å². The van der Waals surface area contributed by atoms with Crippen molar-refractivity contribution in [2.45, 2.75) is 91.1 Å². The third-order valence-electron chi connectivity index (χ3n) is 6.54. The number of hydrogen-bond acceptors (Lipinski definition) is 4. The van der Waals surface area contributed by atoms with Gasteiger partial charge in [0, 0.05) is 5.56 Å². The van der Waals surface area contributed by atoms with Crippen molar-refractivity contribution in [2.75, 3.05) is 6.61 Å². The topological polar surface area (TPSA) is 60.4 Å². The molecule has 1 atom stereocenters. The Labute approximate surface area is 177 Å². The van der Waals surface area contributed by atoms with Crippen molar-refractivity contribution in [3.8, 4) is 0 Å². The van der Waals surface area contributed by atoms with E-state index in [-0.39, 0.29) is 14.2 Å². The van der Waals surface area contributed by atoms with Crippen molar-refractivity contribution >= 4 is 20.2 Å². The van der Waals surface area contributed by atoms with E-state index in [9.17, 15) is 14.2 Å². The first-order chi connectivity index (χ1) is 13.7. The summed E-state index contributed by atoms with van der Waals surface area (Å²) < 4.78 is 17.9. The van der Waals surface area contributed by atoms with Crippen molar-refractivity contribution in [3.63, 3.8) is 0 Å². The van der Waals surface area contributed by atoms with E-state index in [1.807, 2.05) is 32.9 Å². The van der Waals surface area contributed by atoms with Crippen LogP contribution in [0.5, 0.6) is 0 Å². The van der Waals surface area contributed by atoms with E-state index in [4.69, 9.17) is 4.74 Å². The number of unbranched alkanes of at least 4 members (excludes halogenated alkanes) is 3. The molecule has 0 saturated heterocycles. The maximum atomic E-state index is 13.9. The maximum absolute atomic E-state index is 13.9. The van der Waals surface area contributed by atoms with Crippen LogP contribution in [0.4, 0.5) is 0 Å². The lowest BCUT2D eigenvalue weighted by Crippen LogP contribution is -2.52. The van der Waals surface area contributed by atoms with Gasteiger partial charge in [0.25, 0.3) is 0 Å². The van der Waals surface area contributed by atoms with Gasteiger partial charge in [-0.2, -0.15) is 0 Å². The van der Waals surface area contributed by atoms with E-state index in [0.717, 1.165) is 55.2 Å². The van der Waals surface area contributed by atoms with Gasteiger partial charge in [0.1, 0.15) is 0 Å². The van der Waals surface area contributed by atoms with Gasteiger partial charge in [-0.3, -0.25) is 14.2 Å². The third-order valence-corrected chi connectivity index (χ3v) is 7.51. The fraction of sp³-hybridized carbons (Fsp3) is 0.667. The Morgan fingerprint density at radius 3 is 2.17 bits per heavy atom. The van der Waals surface area contributed by atoms with Gasteiger partial charge in [0.2, 0.25) is 0 Å². The summed E-state index contributed by atoms with van der Waals surface area (Å²) in [5, 5.41) is -1.37. The van der Waals surface area contributed by atoms with Crippen LogP contribution < -0.4 is 0 Å². The SMILES string of the molecule is CCCCCCOC(=O)C(C)(P=O)C1(C(=O)c2c(C)cc(C)cc2C)CCCC1. The number of carbonyl (C=O) groups is 2. The molecule has 0 spiro atoms. The van der Waals surface area contributed by atoms with Crippen LogP contribution in [0, 0.1) is 26.2 Å². The summed E-state index contributed by atoms with van der Waals surface area (Å²) in [6.07, 6.45) is 6.84. The van der Waals surface area contributed by atoms with Crippen LogP contribution in [0.25, 0.3) is 0 Å². The summed E-state index contributed by atoms with van der Waals surface area (Å²) in [7, 11) is -0.340. The predicted octanol–water partition coefficient (Wildman–Crippen LogP) is 6.53. The zero-order chi connectivity index (χ0) is 21.7. The predicted molar refractivity (Wildman–Crippen MR) is 117 cm³/mol. The van der Waals surface area contributed by atoms with E-state index < -0.39 is 16.5 Å². The second kappa shape index (κ2) is 9.98. The number of ether oxygens (including phenoxy) is 1. The minimum atomic E-state index is -1.37. The van der Waals surface area contributed by atoms with Gasteiger partial charge < -0.3 is 4.74 Å². The molecule has 1 aromatic rings. The summed E-state index contributed by atoms with van der Waals surface area (Å²) >= 11 is 0. The molecular weight excluding hydrogens is 383 g/mol. The lowest BCUT2D eigenvalue weighted by molar-refractivity contribution is -0.149. The van der Waals surface area contributed by atoms with Gasteiger partial charge >= 0.3 is 5.97 Å². The Balaban J connectivity index is 2.37. The van der Waals surface area contributed by atoms with Gasteiger partial charge in [0.15, 0.2) is 19.4 Å². The quantitative estimate of drug-likeness (QED) is 0.188. The number of carbonyl (C=O) groups excluding carboxylic acids is 2. The number of ketones is 1. The van der Waals surface area contributed by atoms with Crippen LogP contribution in [-0.2, 0) is 14.1 Å². The van der Waals surface area contributed by atoms with Crippen molar-refractivity contribution in [2.24, 2.45) is 5.41 Å². The number of Topliss-reactive ketones (excluding diaryl/α,β-unsaturated/α-hetero) is 1. The molecule has 0 bridgehead atoms. The highest BCUT2D eigenvalue weighted by atomic mass is 31.1. The Morgan fingerprint density at radius 2 is 1.66 bits per heavy atom. The second-order valence-corrected chi connectivity index (χ2v) is 9.83. The van der Waals surface area contributed by atoms with Crippen LogP contribution >= 0.6 is 8.46 Å². The maximum Gasteiger partial charge on any atom is 0.324 e. The van der Waals surface area contributed by atoms with Gasteiger partial charge in [0.05, 0.1) is 12.0 Å². The van der Waals surface area contributed by atoms with Gasteiger partial charge in [-0.25, -0.2) is 0 Å². The minimum Gasteiger partial charge on any atom is -0.465 e. The summed E-state index contributed by atoms with van der Waals surface area (Å²) in [5.74, 6) is -0.567. The normalized spacial score (nSPS) is 17.8. The zero-order valence-electron chi connectivity index (χ0n) is 18.6. The van der Waals surface area contributed by atoms with Crippen molar-refractivity contribution in [1.29, 1.82) is 0 Å². The van der Waals surface area contributed by atoms with Crippen molar-refractivity contribution < 1.29 is 18.9 Å². The number of rotatable bonds is 10. The third kappa shape index (κ3) is 4.63. The van der Waals surface area contributed by atoms with Crippen LogP contribution in [0.15, 0.2) is 12.1 Å². The van der Waals surface area contributed by atoms with E-state index in [0.29, 0.717) is 25.0 Å². The molecule has 0 N–H and O–H groups in total. The second-order valence-electron chi connectivity index (χ2n) is 8.75. The molecule has 0 radical (unpaired) electrons. The Bertz CT molecular complexity index is 741. The molecule has 5 heteroatoms. The zero-order valence-corrected chi connectivity index (χ0v) is 19.5. The molecule has 1 aliphatic carbocycles. The lowest BCUT2D eigenvalue weighted by atomic mass is 9.67. The molecule has 1 saturated carbocycles. The number of hydrogen-bond donors (Lipinski definition) is 0.